The Hall–Kier alpha value is -0.610. The zero-order chi connectivity index (χ0) is 14.7. The van der Waals surface area contributed by atoms with Gasteiger partial charge >= 0.3 is 0 Å². The molecule has 1 aliphatic heterocycles. The van der Waals surface area contributed by atoms with Gasteiger partial charge in [-0.3, -0.25) is 0 Å². The summed E-state index contributed by atoms with van der Waals surface area (Å²) in [4.78, 5) is 8.96. The lowest BCUT2D eigenvalue weighted by atomic mass is 9.92. The summed E-state index contributed by atoms with van der Waals surface area (Å²) >= 11 is 1.89. The molecular formula is C16H29N3S. The fourth-order valence-corrected chi connectivity index (χ4v) is 4.25. The summed E-state index contributed by atoms with van der Waals surface area (Å²) in [7, 11) is 2.02. The van der Waals surface area contributed by atoms with Crippen LogP contribution in [0.4, 0.5) is 5.13 Å². The van der Waals surface area contributed by atoms with Crippen molar-refractivity contribution in [1.82, 2.24) is 10.3 Å². The van der Waals surface area contributed by atoms with E-state index in [4.69, 9.17) is 4.98 Å². The van der Waals surface area contributed by atoms with E-state index in [0.717, 1.165) is 25.4 Å². The van der Waals surface area contributed by atoms with Crippen LogP contribution in [0.2, 0.25) is 0 Å². The van der Waals surface area contributed by atoms with Crippen LogP contribution in [-0.2, 0) is 6.54 Å². The summed E-state index contributed by atoms with van der Waals surface area (Å²) in [6.07, 6.45) is 3.81. The third-order valence-electron chi connectivity index (χ3n) is 4.75. The lowest BCUT2D eigenvalue weighted by Gasteiger charge is -2.37. The molecule has 1 aliphatic rings. The predicted octanol–water partition coefficient (Wildman–Crippen LogP) is 4.00. The molecule has 1 aromatic heterocycles. The molecule has 20 heavy (non-hydrogen) atoms. The van der Waals surface area contributed by atoms with Crippen LogP contribution in [0.5, 0.6) is 0 Å². The minimum atomic E-state index is 0.556. The number of thiazole rings is 1. The Balaban J connectivity index is 2.27. The molecule has 3 unspecified atom stereocenters. The first-order valence-electron chi connectivity index (χ1n) is 7.99. The third-order valence-corrected chi connectivity index (χ3v) is 5.86. The van der Waals surface area contributed by atoms with Gasteiger partial charge in [0.25, 0.3) is 0 Å². The van der Waals surface area contributed by atoms with E-state index in [0.29, 0.717) is 12.0 Å². The summed E-state index contributed by atoms with van der Waals surface area (Å²) in [6, 6.07) is 0.613. The molecule has 2 rings (SSSR count). The van der Waals surface area contributed by atoms with Gasteiger partial charge in [-0.1, -0.05) is 20.8 Å². The summed E-state index contributed by atoms with van der Waals surface area (Å²) in [5, 5.41) is 4.53. The highest BCUT2D eigenvalue weighted by Gasteiger charge is 2.28. The number of rotatable bonds is 5. The van der Waals surface area contributed by atoms with Crippen molar-refractivity contribution in [3.63, 3.8) is 0 Å². The van der Waals surface area contributed by atoms with Gasteiger partial charge in [-0.2, -0.15) is 0 Å². The Labute approximate surface area is 127 Å². The molecule has 1 aromatic rings. The second-order valence-electron chi connectivity index (χ2n) is 6.20. The summed E-state index contributed by atoms with van der Waals surface area (Å²) in [5.74, 6) is 1.33. The maximum Gasteiger partial charge on any atom is 0.186 e. The molecule has 2 heterocycles. The molecule has 0 saturated carbocycles. The Kier molecular flexibility index (Phi) is 5.44. The molecule has 0 radical (unpaired) electrons. The molecule has 1 N–H and O–H groups in total. The number of hydrogen-bond donors (Lipinski definition) is 1. The van der Waals surface area contributed by atoms with Crippen molar-refractivity contribution >= 4 is 16.5 Å². The van der Waals surface area contributed by atoms with Gasteiger partial charge in [0.1, 0.15) is 0 Å². The molecule has 114 valence electrons. The van der Waals surface area contributed by atoms with Crippen LogP contribution in [0.1, 0.15) is 63.4 Å². The van der Waals surface area contributed by atoms with Gasteiger partial charge in [0, 0.05) is 24.0 Å². The highest BCUT2D eigenvalue weighted by atomic mass is 32.1. The quantitative estimate of drug-likeness (QED) is 0.890. The zero-order valence-corrected chi connectivity index (χ0v) is 14.4. The number of aromatic nitrogens is 1. The Morgan fingerprint density at radius 3 is 2.85 bits per heavy atom. The van der Waals surface area contributed by atoms with Crippen LogP contribution >= 0.6 is 11.3 Å². The van der Waals surface area contributed by atoms with Crippen LogP contribution in [0.3, 0.4) is 0 Å². The van der Waals surface area contributed by atoms with Crippen molar-refractivity contribution in [3.05, 3.63) is 10.6 Å². The lowest BCUT2D eigenvalue weighted by molar-refractivity contribution is 0.363. The van der Waals surface area contributed by atoms with Crippen LogP contribution in [0.15, 0.2) is 0 Å². The molecule has 0 aliphatic carbocycles. The van der Waals surface area contributed by atoms with Gasteiger partial charge in [0.2, 0.25) is 0 Å². The van der Waals surface area contributed by atoms with Crippen LogP contribution in [0.25, 0.3) is 0 Å². The maximum atomic E-state index is 5.01. The molecule has 3 atom stereocenters. The molecule has 0 spiro atoms. The van der Waals surface area contributed by atoms with Crippen LogP contribution in [0, 0.1) is 5.92 Å². The van der Waals surface area contributed by atoms with Gasteiger partial charge < -0.3 is 10.2 Å². The molecule has 0 aromatic carbocycles. The first-order valence-corrected chi connectivity index (χ1v) is 8.80. The smallest absolute Gasteiger partial charge is 0.186 e. The molecule has 1 saturated heterocycles. The average molecular weight is 295 g/mol. The molecule has 0 amide bonds. The highest BCUT2D eigenvalue weighted by molar-refractivity contribution is 7.15. The zero-order valence-electron chi connectivity index (χ0n) is 13.6. The number of hydrogen-bond acceptors (Lipinski definition) is 4. The highest BCUT2D eigenvalue weighted by Crippen LogP contribution is 2.36. The molecule has 3 nitrogen and oxygen atoms in total. The normalized spacial score (nSPS) is 24.9. The average Bonchev–Trinajstić information content (AvgIpc) is 2.85. The number of nitrogens with zero attached hydrogens (tertiary/aromatic N) is 2. The van der Waals surface area contributed by atoms with E-state index in [1.807, 2.05) is 18.4 Å². The van der Waals surface area contributed by atoms with E-state index in [2.05, 4.69) is 37.9 Å². The molecule has 0 bridgehead atoms. The second kappa shape index (κ2) is 6.90. The van der Waals surface area contributed by atoms with Crippen molar-refractivity contribution in [2.75, 3.05) is 18.5 Å². The van der Waals surface area contributed by atoms with E-state index < -0.39 is 0 Å². The predicted molar refractivity (Wildman–Crippen MR) is 88.8 cm³/mol. The first kappa shape index (κ1) is 15.8. The Bertz CT molecular complexity index is 429. The summed E-state index contributed by atoms with van der Waals surface area (Å²) in [6.45, 7) is 11.4. The van der Waals surface area contributed by atoms with E-state index in [9.17, 15) is 0 Å². The Morgan fingerprint density at radius 1 is 1.45 bits per heavy atom. The van der Waals surface area contributed by atoms with Gasteiger partial charge in [-0.25, -0.2) is 4.98 Å². The summed E-state index contributed by atoms with van der Waals surface area (Å²) in [5.41, 5.74) is 1.31. The molecule has 4 heteroatoms. The second-order valence-corrected chi connectivity index (χ2v) is 7.26. The van der Waals surface area contributed by atoms with Gasteiger partial charge in [-0.05, 0) is 45.1 Å². The summed E-state index contributed by atoms with van der Waals surface area (Å²) < 4.78 is 0. The Morgan fingerprint density at radius 2 is 2.20 bits per heavy atom. The SMILES string of the molecule is CCC(C)c1nc(N2CCCC(C)C2C)sc1CNC. The van der Waals surface area contributed by atoms with E-state index in [1.54, 1.807) is 0 Å². The van der Waals surface area contributed by atoms with Gasteiger partial charge in [0.05, 0.1) is 5.69 Å². The third kappa shape index (κ3) is 3.17. The standard InChI is InChI=1S/C16H29N3S/c1-6-11(2)15-14(10-17-5)20-16(18-15)19-9-7-8-12(3)13(19)4/h11-13,17H,6-10H2,1-5H3. The fraction of sp³-hybridized carbons (Fsp3) is 0.812. The van der Waals surface area contributed by atoms with E-state index in [-0.39, 0.29) is 0 Å². The topological polar surface area (TPSA) is 28.2 Å². The van der Waals surface area contributed by atoms with Crippen molar-refractivity contribution in [3.8, 4) is 0 Å². The number of nitrogens with one attached hydrogen (secondary N) is 1. The van der Waals surface area contributed by atoms with Gasteiger partial charge in [0.15, 0.2) is 5.13 Å². The van der Waals surface area contributed by atoms with Crippen molar-refractivity contribution < 1.29 is 0 Å². The van der Waals surface area contributed by atoms with Crippen LogP contribution in [-0.4, -0.2) is 24.6 Å². The lowest BCUT2D eigenvalue weighted by Crippen LogP contribution is -2.42. The van der Waals surface area contributed by atoms with Gasteiger partial charge in [-0.15, -0.1) is 11.3 Å². The first-order chi connectivity index (χ1) is 9.58. The minimum absolute atomic E-state index is 0.556. The van der Waals surface area contributed by atoms with Crippen molar-refractivity contribution in [2.45, 2.75) is 65.5 Å². The monoisotopic (exact) mass is 295 g/mol. The van der Waals surface area contributed by atoms with E-state index >= 15 is 0 Å². The van der Waals surface area contributed by atoms with E-state index in [1.165, 1.54) is 28.5 Å². The number of anilines is 1. The maximum absolute atomic E-state index is 5.01. The van der Waals surface area contributed by atoms with Crippen molar-refractivity contribution in [2.24, 2.45) is 5.92 Å². The minimum Gasteiger partial charge on any atom is -0.345 e. The molecule has 1 fully saturated rings. The largest absolute Gasteiger partial charge is 0.345 e. The van der Waals surface area contributed by atoms with Crippen LogP contribution < -0.4 is 10.2 Å². The molecular weight excluding hydrogens is 266 g/mol. The fourth-order valence-electron chi connectivity index (χ4n) is 2.94. The number of piperidine rings is 1. The van der Waals surface area contributed by atoms with Crippen molar-refractivity contribution in [1.29, 1.82) is 0 Å².